The lowest BCUT2D eigenvalue weighted by molar-refractivity contribution is -0.147. The third kappa shape index (κ3) is 3.09. The van der Waals surface area contributed by atoms with E-state index in [1.807, 2.05) is 51.1 Å². The summed E-state index contributed by atoms with van der Waals surface area (Å²) in [6.45, 7) is 6.01. The van der Waals surface area contributed by atoms with E-state index < -0.39 is 0 Å². The van der Waals surface area contributed by atoms with Crippen molar-refractivity contribution in [3.63, 3.8) is 0 Å². The minimum Gasteiger partial charge on any atom is -0.490 e. The van der Waals surface area contributed by atoms with Crippen molar-refractivity contribution >= 4 is 22.8 Å². The molecule has 0 N–H and O–H groups in total. The molecule has 1 aliphatic rings. The van der Waals surface area contributed by atoms with Gasteiger partial charge in [-0.15, -0.1) is 0 Å². The molecule has 0 heterocycles. The van der Waals surface area contributed by atoms with Crippen LogP contribution >= 0.6 is 0 Å². The lowest BCUT2D eigenvalue weighted by Gasteiger charge is -2.23. The third-order valence-electron chi connectivity index (χ3n) is 3.90. The number of carbonyl (C=O) groups is 1. The number of rotatable bonds is 5. The first kappa shape index (κ1) is 15.6. The quantitative estimate of drug-likeness (QED) is 0.726. The lowest BCUT2D eigenvalue weighted by Crippen LogP contribution is -2.13. The van der Waals surface area contributed by atoms with Crippen molar-refractivity contribution < 1.29 is 14.3 Å². The van der Waals surface area contributed by atoms with Crippen LogP contribution in [0.25, 0.3) is 16.8 Å². The molecule has 0 saturated carbocycles. The Labute approximate surface area is 136 Å². The summed E-state index contributed by atoms with van der Waals surface area (Å²) in [6, 6.07) is 10.2. The molecule has 0 aromatic heterocycles. The Morgan fingerprint density at radius 1 is 1.22 bits per heavy atom. The van der Waals surface area contributed by atoms with Crippen LogP contribution in [0.4, 0.5) is 0 Å². The molecule has 0 bridgehead atoms. The van der Waals surface area contributed by atoms with Crippen LogP contribution < -0.4 is 4.74 Å². The Morgan fingerprint density at radius 3 is 2.78 bits per heavy atom. The number of hydrogen-bond donors (Lipinski definition) is 0. The number of benzene rings is 2. The van der Waals surface area contributed by atoms with Crippen LogP contribution in [0.2, 0.25) is 0 Å². The molecule has 0 spiro atoms. The first-order valence-electron chi connectivity index (χ1n) is 8.20. The van der Waals surface area contributed by atoms with Crippen LogP contribution in [-0.2, 0) is 9.53 Å². The number of hydrogen-bond acceptors (Lipinski definition) is 3. The second-order valence-corrected chi connectivity index (χ2v) is 6.11. The standard InChI is InChI=1S/C20H22O3/c1-4-6-19(21)23-18-12-10-16-17(22-13(2)3)11-9-14-7-5-8-15(18)20(14)16/h5,7-13,18H,4,6H2,1-3H3. The van der Waals surface area contributed by atoms with Gasteiger partial charge in [0.1, 0.15) is 11.9 Å². The summed E-state index contributed by atoms with van der Waals surface area (Å²) < 4.78 is 11.6. The van der Waals surface area contributed by atoms with Crippen LogP contribution in [0.1, 0.15) is 50.8 Å². The molecule has 3 nitrogen and oxygen atoms in total. The van der Waals surface area contributed by atoms with Gasteiger partial charge in [-0.1, -0.05) is 37.3 Å². The summed E-state index contributed by atoms with van der Waals surface area (Å²) in [7, 11) is 0. The molecule has 120 valence electrons. The fraction of sp³-hybridized carbons (Fsp3) is 0.350. The molecule has 0 saturated heterocycles. The fourth-order valence-corrected chi connectivity index (χ4v) is 2.97. The lowest BCUT2D eigenvalue weighted by atomic mass is 9.90. The maximum Gasteiger partial charge on any atom is 0.306 e. The Balaban J connectivity index is 2.05. The largest absolute Gasteiger partial charge is 0.490 e. The summed E-state index contributed by atoms with van der Waals surface area (Å²) in [5.74, 6) is 0.715. The molecule has 1 unspecified atom stereocenters. The molecule has 0 amide bonds. The van der Waals surface area contributed by atoms with Gasteiger partial charge >= 0.3 is 5.97 Å². The van der Waals surface area contributed by atoms with Crippen LogP contribution in [0, 0.1) is 0 Å². The molecule has 2 aromatic carbocycles. The van der Waals surface area contributed by atoms with Crippen LogP contribution in [-0.4, -0.2) is 12.1 Å². The second-order valence-electron chi connectivity index (χ2n) is 6.11. The van der Waals surface area contributed by atoms with E-state index in [1.54, 1.807) is 0 Å². The van der Waals surface area contributed by atoms with Gasteiger partial charge < -0.3 is 9.47 Å². The SMILES string of the molecule is CCCC(=O)OC1C=Cc2c(OC(C)C)ccc3cccc1c23. The van der Waals surface area contributed by atoms with E-state index in [0.717, 1.165) is 34.1 Å². The number of ether oxygens (including phenoxy) is 2. The van der Waals surface area contributed by atoms with Gasteiger partial charge in [-0.05, 0) is 43.2 Å². The van der Waals surface area contributed by atoms with E-state index in [9.17, 15) is 4.79 Å². The van der Waals surface area contributed by atoms with Crippen molar-refractivity contribution in [2.45, 2.75) is 45.8 Å². The molecule has 2 aromatic rings. The predicted molar refractivity (Wildman–Crippen MR) is 92.5 cm³/mol. The van der Waals surface area contributed by atoms with Crippen molar-refractivity contribution in [1.82, 2.24) is 0 Å². The van der Waals surface area contributed by atoms with Crippen molar-refractivity contribution in [1.29, 1.82) is 0 Å². The maximum atomic E-state index is 11.9. The average Bonchev–Trinajstić information content (AvgIpc) is 2.51. The molecule has 0 fully saturated rings. The zero-order valence-electron chi connectivity index (χ0n) is 13.8. The average molecular weight is 310 g/mol. The van der Waals surface area contributed by atoms with Crippen LogP contribution in [0.3, 0.4) is 0 Å². The van der Waals surface area contributed by atoms with E-state index >= 15 is 0 Å². The highest BCUT2D eigenvalue weighted by Crippen LogP contribution is 2.40. The van der Waals surface area contributed by atoms with E-state index in [1.165, 1.54) is 0 Å². The highest BCUT2D eigenvalue weighted by molar-refractivity contribution is 5.97. The van der Waals surface area contributed by atoms with E-state index in [4.69, 9.17) is 9.47 Å². The zero-order valence-corrected chi connectivity index (χ0v) is 13.8. The van der Waals surface area contributed by atoms with Crippen molar-refractivity contribution in [3.05, 3.63) is 47.5 Å². The number of esters is 1. The normalized spacial score (nSPS) is 15.9. The van der Waals surface area contributed by atoms with Gasteiger partial charge in [0.15, 0.2) is 0 Å². The summed E-state index contributed by atoms with van der Waals surface area (Å²) in [5.41, 5.74) is 2.09. The summed E-state index contributed by atoms with van der Waals surface area (Å²) >= 11 is 0. The smallest absolute Gasteiger partial charge is 0.306 e. The Kier molecular flexibility index (Phi) is 4.37. The molecule has 23 heavy (non-hydrogen) atoms. The summed E-state index contributed by atoms with van der Waals surface area (Å²) in [5, 5.41) is 2.25. The monoisotopic (exact) mass is 310 g/mol. The van der Waals surface area contributed by atoms with Gasteiger partial charge in [-0.3, -0.25) is 4.79 Å². The van der Waals surface area contributed by atoms with Crippen molar-refractivity contribution in [3.8, 4) is 5.75 Å². The van der Waals surface area contributed by atoms with Gasteiger partial charge in [0, 0.05) is 17.5 Å². The number of carbonyl (C=O) groups excluding carboxylic acids is 1. The molecule has 3 heteroatoms. The molecular weight excluding hydrogens is 288 g/mol. The van der Waals surface area contributed by atoms with Crippen molar-refractivity contribution in [2.24, 2.45) is 0 Å². The first-order valence-corrected chi connectivity index (χ1v) is 8.20. The Bertz CT molecular complexity index is 759. The summed E-state index contributed by atoms with van der Waals surface area (Å²) in [4.78, 5) is 11.9. The van der Waals surface area contributed by atoms with Crippen molar-refractivity contribution in [2.75, 3.05) is 0 Å². The topological polar surface area (TPSA) is 35.5 Å². The fourth-order valence-electron chi connectivity index (χ4n) is 2.97. The highest BCUT2D eigenvalue weighted by Gasteiger charge is 2.23. The Hall–Kier alpha value is -2.29. The predicted octanol–water partition coefficient (Wildman–Crippen LogP) is 5.04. The van der Waals surface area contributed by atoms with Gasteiger partial charge in [-0.25, -0.2) is 0 Å². The maximum absolute atomic E-state index is 11.9. The third-order valence-corrected chi connectivity index (χ3v) is 3.90. The zero-order chi connectivity index (χ0) is 16.4. The van der Waals surface area contributed by atoms with Gasteiger partial charge in [0.25, 0.3) is 0 Å². The molecule has 1 atom stereocenters. The van der Waals surface area contributed by atoms with Gasteiger partial charge in [-0.2, -0.15) is 0 Å². The van der Waals surface area contributed by atoms with Crippen LogP contribution in [0.5, 0.6) is 5.75 Å². The molecule has 1 aliphatic carbocycles. The van der Waals surface area contributed by atoms with Crippen LogP contribution in [0.15, 0.2) is 36.4 Å². The van der Waals surface area contributed by atoms with Gasteiger partial charge in [0.2, 0.25) is 0 Å². The molecule has 3 rings (SSSR count). The minimum absolute atomic E-state index is 0.115. The van der Waals surface area contributed by atoms with E-state index in [2.05, 4.69) is 12.1 Å². The molecule has 0 aliphatic heterocycles. The minimum atomic E-state index is -0.320. The van der Waals surface area contributed by atoms with E-state index in [-0.39, 0.29) is 18.2 Å². The molecular formula is C20H22O3. The van der Waals surface area contributed by atoms with E-state index in [0.29, 0.717) is 6.42 Å². The highest BCUT2D eigenvalue weighted by atomic mass is 16.5. The van der Waals surface area contributed by atoms with Gasteiger partial charge in [0.05, 0.1) is 6.10 Å². The summed E-state index contributed by atoms with van der Waals surface area (Å²) in [6.07, 6.45) is 4.99. The first-order chi connectivity index (χ1) is 11.1. The Morgan fingerprint density at radius 2 is 2.04 bits per heavy atom. The second kappa shape index (κ2) is 6.45. The molecule has 0 radical (unpaired) electrons.